The topological polar surface area (TPSA) is 24.4 Å². The van der Waals surface area contributed by atoms with Crippen molar-refractivity contribution in [3.8, 4) is 0 Å². The van der Waals surface area contributed by atoms with E-state index in [1.54, 1.807) is 0 Å². The van der Waals surface area contributed by atoms with E-state index >= 15 is 0 Å². The summed E-state index contributed by atoms with van der Waals surface area (Å²) < 4.78 is 0. The number of amidine groups is 1. The fourth-order valence-electron chi connectivity index (χ4n) is 1.88. The second-order valence-corrected chi connectivity index (χ2v) is 4.54. The number of aliphatic imine (C=N–C) groups is 1. The van der Waals surface area contributed by atoms with Gasteiger partial charge in [0.15, 0.2) is 0 Å². The molecule has 1 N–H and O–H groups in total. The largest absolute Gasteiger partial charge is 0.369 e. The summed E-state index contributed by atoms with van der Waals surface area (Å²) in [5.74, 6) is 1.23. The zero-order chi connectivity index (χ0) is 9.73. The Bertz CT molecular complexity index is 183. The van der Waals surface area contributed by atoms with Crippen LogP contribution in [0.1, 0.15) is 52.9 Å². The highest BCUT2D eigenvalue weighted by Gasteiger charge is 2.18. The molecule has 0 aromatic rings. The quantitative estimate of drug-likeness (QED) is 0.713. The molecule has 0 aromatic carbocycles. The zero-order valence-corrected chi connectivity index (χ0v) is 9.19. The summed E-state index contributed by atoms with van der Waals surface area (Å²) in [5, 5.41) is 3.55. The van der Waals surface area contributed by atoms with Crippen LogP contribution in [0.4, 0.5) is 0 Å². The van der Waals surface area contributed by atoms with Crippen LogP contribution in [0.15, 0.2) is 4.99 Å². The third-order valence-corrected chi connectivity index (χ3v) is 2.48. The molecule has 13 heavy (non-hydrogen) atoms. The molecule has 0 saturated heterocycles. The predicted molar refractivity (Wildman–Crippen MR) is 58.3 cm³/mol. The van der Waals surface area contributed by atoms with E-state index in [1.165, 1.54) is 31.5 Å². The standard InChI is InChI=1S/C11H22N2/c1-4-8-11(2,3)13-10-7-5-6-9-12-10/h4-9H2,1-3H3,(H,12,13). The third-order valence-electron chi connectivity index (χ3n) is 2.48. The van der Waals surface area contributed by atoms with Crippen molar-refractivity contribution in [2.24, 2.45) is 4.99 Å². The van der Waals surface area contributed by atoms with Crippen molar-refractivity contribution in [1.29, 1.82) is 0 Å². The Balaban J connectivity index is 2.41. The summed E-state index contributed by atoms with van der Waals surface area (Å²) in [6.07, 6.45) is 6.15. The van der Waals surface area contributed by atoms with Gasteiger partial charge in [0.2, 0.25) is 0 Å². The molecule has 0 bridgehead atoms. The van der Waals surface area contributed by atoms with Crippen LogP contribution in [-0.4, -0.2) is 17.9 Å². The van der Waals surface area contributed by atoms with E-state index in [0.29, 0.717) is 0 Å². The molecule has 1 heterocycles. The minimum absolute atomic E-state index is 0.227. The number of hydrogen-bond acceptors (Lipinski definition) is 2. The second kappa shape index (κ2) is 4.64. The summed E-state index contributed by atoms with van der Waals surface area (Å²) in [7, 11) is 0. The molecule has 0 fully saturated rings. The maximum atomic E-state index is 4.50. The van der Waals surface area contributed by atoms with Crippen LogP contribution in [0.25, 0.3) is 0 Å². The van der Waals surface area contributed by atoms with E-state index in [-0.39, 0.29) is 5.54 Å². The number of nitrogens with one attached hydrogen (secondary N) is 1. The van der Waals surface area contributed by atoms with Gasteiger partial charge in [-0.15, -0.1) is 0 Å². The van der Waals surface area contributed by atoms with Crippen molar-refractivity contribution in [3.05, 3.63) is 0 Å². The summed E-state index contributed by atoms with van der Waals surface area (Å²) in [6.45, 7) is 7.76. The maximum absolute atomic E-state index is 4.50. The average Bonchev–Trinajstić information content (AvgIpc) is 2.04. The molecule has 0 aliphatic carbocycles. The SMILES string of the molecule is CCCC(C)(C)NC1=NCCCC1. The van der Waals surface area contributed by atoms with Crippen molar-refractivity contribution >= 4 is 5.84 Å². The molecule has 2 heteroatoms. The molecule has 2 nitrogen and oxygen atoms in total. The highest BCUT2D eigenvalue weighted by molar-refractivity contribution is 5.83. The van der Waals surface area contributed by atoms with Gasteiger partial charge in [-0.3, -0.25) is 4.99 Å². The molecule has 1 rings (SSSR count). The second-order valence-electron chi connectivity index (χ2n) is 4.54. The van der Waals surface area contributed by atoms with Crippen LogP contribution >= 0.6 is 0 Å². The first kappa shape index (κ1) is 10.6. The van der Waals surface area contributed by atoms with Crippen LogP contribution in [0.3, 0.4) is 0 Å². The number of rotatable bonds is 3. The van der Waals surface area contributed by atoms with E-state index in [1.807, 2.05) is 0 Å². The van der Waals surface area contributed by atoms with Gasteiger partial charge >= 0.3 is 0 Å². The highest BCUT2D eigenvalue weighted by atomic mass is 15.0. The molecular formula is C11H22N2. The first-order chi connectivity index (χ1) is 6.14. The van der Waals surface area contributed by atoms with E-state index in [0.717, 1.165) is 13.0 Å². The Labute approximate surface area is 81.8 Å². The molecule has 0 aromatic heterocycles. The summed E-state index contributed by atoms with van der Waals surface area (Å²) in [4.78, 5) is 4.50. The minimum Gasteiger partial charge on any atom is -0.369 e. The molecule has 0 amide bonds. The fraction of sp³-hybridized carbons (Fsp3) is 0.909. The Kier molecular flexibility index (Phi) is 3.76. The van der Waals surface area contributed by atoms with Gasteiger partial charge < -0.3 is 5.32 Å². The third kappa shape index (κ3) is 3.79. The Morgan fingerprint density at radius 3 is 2.69 bits per heavy atom. The number of hydrogen-bond donors (Lipinski definition) is 1. The van der Waals surface area contributed by atoms with E-state index in [4.69, 9.17) is 0 Å². The smallest absolute Gasteiger partial charge is 0.0967 e. The van der Waals surface area contributed by atoms with Crippen LogP contribution in [0.5, 0.6) is 0 Å². The van der Waals surface area contributed by atoms with Gasteiger partial charge in [0.05, 0.1) is 5.84 Å². The van der Waals surface area contributed by atoms with Crippen LogP contribution < -0.4 is 5.32 Å². The van der Waals surface area contributed by atoms with Gasteiger partial charge in [-0.25, -0.2) is 0 Å². The van der Waals surface area contributed by atoms with Crippen molar-refractivity contribution < 1.29 is 0 Å². The molecule has 1 aliphatic rings. The normalized spacial score (nSPS) is 18.2. The molecule has 0 unspecified atom stereocenters. The van der Waals surface area contributed by atoms with Crippen LogP contribution in [-0.2, 0) is 0 Å². The lowest BCUT2D eigenvalue weighted by Crippen LogP contribution is -2.43. The van der Waals surface area contributed by atoms with Gasteiger partial charge in [0.1, 0.15) is 0 Å². The monoisotopic (exact) mass is 182 g/mol. The zero-order valence-electron chi connectivity index (χ0n) is 9.19. The Morgan fingerprint density at radius 1 is 1.38 bits per heavy atom. The molecule has 76 valence electrons. The number of nitrogens with zero attached hydrogens (tertiary/aromatic N) is 1. The van der Waals surface area contributed by atoms with Crippen molar-refractivity contribution in [2.75, 3.05) is 6.54 Å². The lowest BCUT2D eigenvalue weighted by molar-refractivity contribution is 0.414. The highest BCUT2D eigenvalue weighted by Crippen LogP contribution is 2.13. The Morgan fingerprint density at radius 2 is 2.15 bits per heavy atom. The molecule has 0 atom stereocenters. The van der Waals surface area contributed by atoms with Gasteiger partial charge in [-0.05, 0) is 33.1 Å². The fourth-order valence-corrected chi connectivity index (χ4v) is 1.88. The van der Waals surface area contributed by atoms with Crippen LogP contribution in [0, 0.1) is 0 Å². The Hall–Kier alpha value is -0.530. The molecule has 0 spiro atoms. The van der Waals surface area contributed by atoms with Crippen molar-refractivity contribution in [3.63, 3.8) is 0 Å². The van der Waals surface area contributed by atoms with Gasteiger partial charge in [0, 0.05) is 18.5 Å². The van der Waals surface area contributed by atoms with E-state index in [2.05, 4.69) is 31.1 Å². The first-order valence-electron chi connectivity index (χ1n) is 5.45. The molecule has 0 radical (unpaired) electrons. The first-order valence-corrected chi connectivity index (χ1v) is 5.45. The van der Waals surface area contributed by atoms with Gasteiger partial charge in [-0.2, -0.15) is 0 Å². The lowest BCUT2D eigenvalue weighted by atomic mass is 9.98. The predicted octanol–water partition coefficient (Wildman–Crippen LogP) is 2.74. The van der Waals surface area contributed by atoms with Gasteiger partial charge in [0.25, 0.3) is 0 Å². The summed E-state index contributed by atoms with van der Waals surface area (Å²) >= 11 is 0. The summed E-state index contributed by atoms with van der Waals surface area (Å²) in [5.41, 5.74) is 0.227. The van der Waals surface area contributed by atoms with Crippen LogP contribution in [0.2, 0.25) is 0 Å². The molecule has 0 saturated carbocycles. The van der Waals surface area contributed by atoms with Crippen molar-refractivity contribution in [1.82, 2.24) is 5.32 Å². The van der Waals surface area contributed by atoms with E-state index in [9.17, 15) is 0 Å². The molecular weight excluding hydrogens is 160 g/mol. The summed E-state index contributed by atoms with van der Waals surface area (Å²) in [6, 6.07) is 0. The molecule has 1 aliphatic heterocycles. The average molecular weight is 182 g/mol. The minimum atomic E-state index is 0.227. The van der Waals surface area contributed by atoms with Crippen molar-refractivity contribution in [2.45, 2.75) is 58.4 Å². The van der Waals surface area contributed by atoms with E-state index < -0.39 is 0 Å². The maximum Gasteiger partial charge on any atom is 0.0967 e. The van der Waals surface area contributed by atoms with Gasteiger partial charge in [-0.1, -0.05) is 13.3 Å². The lowest BCUT2D eigenvalue weighted by Gasteiger charge is -2.29.